The third kappa shape index (κ3) is 3.61. The molecule has 7 nitrogen and oxygen atoms in total. The van der Waals surface area contributed by atoms with E-state index in [0.717, 1.165) is 18.4 Å². The second kappa shape index (κ2) is 8.04. The maximum Gasteiger partial charge on any atom is 0.276 e. The van der Waals surface area contributed by atoms with Crippen LogP contribution in [0.1, 0.15) is 42.6 Å². The lowest BCUT2D eigenvalue weighted by atomic mass is 9.93. The number of benzene rings is 1. The van der Waals surface area contributed by atoms with Gasteiger partial charge < -0.3 is 19.1 Å². The highest BCUT2D eigenvalue weighted by molar-refractivity contribution is 5.96. The van der Waals surface area contributed by atoms with Crippen molar-refractivity contribution in [3.8, 4) is 17.1 Å². The lowest BCUT2D eigenvalue weighted by Crippen LogP contribution is -2.55. The fourth-order valence-corrected chi connectivity index (χ4v) is 4.15. The average Bonchev–Trinajstić information content (AvgIpc) is 3.23. The number of aromatic nitrogens is 1. The van der Waals surface area contributed by atoms with Crippen LogP contribution in [0.3, 0.4) is 0 Å². The number of para-hydroxylation sites is 1. The number of piperazine rings is 1. The zero-order chi connectivity index (χ0) is 19.5. The summed E-state index contributed by atoms with van der Waals surface area (Å²) in [4.78, 5) is 29.0. The Kier molecular flexibility index (Phi) is 5.32. The van der Waals surface area contributed by atoms with Crippen LogP contribution in [0.25, 0.3) is 11.3 Å². The molecule has 7 heteroatoms. The van der Waals surface area contributed by atoms with E-state index in [1.807, 2.05) is 29.2 Å². The van der Waals surface area contributed by atoms with Gasteiger partial charge >= 0.3 is 0 Å². The van der Waals surface area contributed by atoms with E-state index in [2.05, 4.69) is 5.16 Å². The van der Waals surface area contributed by atoms with Gasteiger partial charge in [-0.3, -0.25) is 9.59 Å². The number of rotatable bonds is 4. The molecule has 0 N–H and O–H groups in total. The van der Waals surface area contributed by atoms with Crippen LogP contribution in [-0.2, 0) is 4.79 Å². The molecular weight excluding hydrogens is 358 g/mol. The molecule has 2 aromatic rings. The molecule has 2 heterocycles. The molecule has 1 aliphatic carbocycles. The molecule has 0 radical (unpaired) electrons. The third-order valence-electron chi connectivity index (χ3n) is 5.66. The average molecular weight is 383 g/mol. The Morgan fingerprint density at radius 2 is 1.96 bits per heavy atom. The van der Waals surface area contributed by atoms with Crippen molar-refractivity contribution in [2.24, 2.45) is 0 Å². The molecule has 1 aromatic heterocycles. The Morgan fingerprint density at radius 1 is 1.18 bits per heavy atom. The SMILES string of the molecule is COc1ccccc1-c1cc(C(=O)N2CCN(C3CCCCC3)C(=O)C2)no1. The molecule has 1 saturated heterocycles. The fraction of sp³-hybridized carbons (Fsp3) is 0.476. The van der Waals surface area contributed by atoms with Crippen LogP contribution in [0, 0.1) is 0 Å². The van der Waals surface area contributed by atoms with E-state index in [-0.39, 0.29) is 24.1 Å². The van der Waals surface area contributed by atoms with Crippen LogP contribution >= 0.6 is 0 Å². The molecule has 148 valence electrons. The van der Waals surface area contributed by atoms with Crippen LogP contribution in [0.5, 0.6) is 5.75 Å². The summed E-state index contributed by atoms with van der Waals surface area (Å²) in [6, 6.07) is 9.34. The predicted molar refractivity (Wildman–Crippen MR) is 103 cm³/mol. The normalized spacial score (nSPS) is 18.4. The van der Waals surface area contributed by atoms with Crippen molar-refractivity contribution >= 4 is 11.8 Å². The molecular formula is C21H25N3O4. The largest absolute Gasteiger partial charge is 0.496 e. The van der Waals surface area contributed by atoms with Crippen LogP contribution < -0.4 is 4.74 Å². The molecule has 0 spiro atoms. The van der Waals surface area contributed by atoms with Gasteiger partial charge in [0.2, 0.25) is 5.91 Å². The Bertz CT molecular complexity index is 857. The van der Waals surface area contributed by atoms with Gasteiger partial charge in [0.25, 0.3) is 5.91 Å². The number of ether oxygens (including phenoxy) is 1. The first-order valence-electron chi connectivity index (χ1n) is 9.86. The zero-order valence-electron chi connectivity index (χ0n) is 16.1. The molecule has 2 aliphatic rings. The van der Waals surface area contributed by atoms with Gasteiger partial charge in [0.15, 0.2) is 11.5 Å². The first-order chi connectivity index (χ1) is 13.7. The van der Waals surface area contributed by atoms with Crippen molar-refractivity contribution in [1.29, 1.82) is 0 Å². The molecule has 28 heavy (non-hydrogen) atoms. The molecule has 0 atom stereocenters. The Hall–Kier alpha value is -2.83. The summed E-state index contributed by atoms with van der Waals surface area (Å²) < 4.78 is 10.7. The van der Waals surface area contributed by atoms with E-state index < -0.39 is 0 Å². The molecule has 1 aliphatic heterocycles. The summed E-state index contributed by atoms with van der Waals surface area (Å²) in [5.41, 5.74) is 0.939. The third-order valence-corrected chi connectivity index (χ3v) is 5.66. The van der Waals surface area contributed by atoms with Crippen LogP contribution in [0.4, 0.5) is 0 Å². The molecule has 1 aromatic carbocycles. The molecule has 0 unspecified atom stereocenters. The van der Waals surface area contributed by atoms with Gasteiger partial charge in [-0.05, 0) is 25.0 Å². The quantitative estimate of drug-likeness (QED) is 0.811. The molecule has 1 saturated carbocycles. The number of amides is 2. The van der Waals surface area contributed by atoms with Crippen molar-refractivity contribution in [3.63, 3.8) is 0 Å². The summed E-state index contributed by atoms with van der Waals surface area (Å²) in [6.45, 7) is 1.22. The molecule has 0 bridgehead atoms. The molecule has 4 rings (SSSR count). The topological polar surface area (TPSA) is 75.9 Å². The van der Waals surface area contributed by atoms with E-state index >= 15 is 0 Å². The van der Waals surface area contributed by atoms with E-state index in [9.17, 15) is 9.59 Å². The highest BCUT2D eigenvalue weighted by Gasteiger charge is 2.33. The number of carbonyl (C=O) groups excluding carboxylic acids is 2. The monoisotopic (exact) mass is 383 g/mol. The van der Waals surface area contributed by atoms with E-state index in [4.69, 9.17) is 9.26 Å². The van der Waals surface area contributed by atoms with Crippen LogP contribution in [0.15, 0.2) is 34.9 Å². The van der Waals surface area contributed by atoms with Gasteiger partial charge in [-0.2, -0.15) is 0 Å². The van der Waals surface area contributed by atoms with Crippen molar-refractivity contribution in [3.05, 3.63) is 36.0 Å². The highest BCUT2D eigenvalue weighted by Crippen LogP contribution is 2.30. The molecule has 2 amide bonds. The second-order valence-corrected chi connectivity index (χ2v) is 7.38. The predicted octanol–water partition coefficient (Wildman–Crippen LogP) is 2.97. The van der Waals surface area contributed by atoms with Crippen LogP contribution in [0.2, 0.25) is 0 Å². The Morgan fingerprint density at radius 3 is 2.71 bits per heavy atom. The van der Waals surface area contributed by atoms with Crippen molar-refractivity contribution in [2.75, 3.05) is 26.7 Å². The van der Waals surface area contributed by atoms with Crippen LogP contribution in [-0.4, -0.2) is 59.6 Å². The Balaban J connectivity index is 1.44. The van der Waals surface area contributed by atoms with Gasteiger partial charge in [-0.25, -0.2) is 0 Å². The summed E-state index contributed by atoms with van der Waals surface area (Å²) in [7, 11) is 1.58. The van der Waals surface area contributed by atoms with Gasteiger partial charge in [0.05, 0.1) is 12.7 Å². The number of nitrogens with zero attached hydrogens (tertiary/aromatic N) is 3. The zero-order valence-corrected chi connectivity index (χ0v) is 16.1. The maximum absolute atomic E-state index is 12.8. The highest BCUT2D eigenvalue weighted by atomic mass is 16.5. The van der Waals surface area contributed by atoms with Crippen molar-refractivity contribution in [2.45, 2.75) is 38.1 Å². The van der Waals surface area contributed by atoms with Gasteiger partial charge in [-0.1, -0.05) is 36.6 Å². The lowest BCUT2D eigenvalue weighted by molar-refractivity contribution is -0.138. The minimum Gasteiger partial charge on any atom is -0.496 e. The Labute approximate surface area is 164 Å². The van der Waals surface area contributed by atoms with Crippen molar-refractivity contribution in [1.82, 2.24) is 15.0 Å². The van der Waals surface area contributed by atoms with Gasteiger partial charge in [0.1, 0.15) is 12.3 Å². The standard InChI is InChI=1S/C21H25N3O4/c1-27-18-10-6-5-9-16(18)19-13-17(22-28-19)21(26)23-11-12-24(20(25)14-23)15-7-3-2-4-8-15/h5-6,9-10,13,15H,2-4,7-8,11-12,14H2,1H3. The summed E-state index contributed by atoms with van der Waals surface area (Å²) >= 11 is 0. The summed E-state index contributed by atoms with van der Waals surface area (Å²) in [6.07, 6.45) is 5.77. The smallest absolute Gasteiger partial charge is 0.276 e. The fourth-order valence-electron chi connectivity index (χ4n) is 4.15. The minimum absolute atomic E-state index is 0.0277. The number of methoxy groups -OCH3 is 1. The van der Waals surface area contributed by atoms with Gasteiger partial charge in [-0.15, -0.1) is 0 Å². The summed E-state index contributed by atoms with van der Waals surface area (Å²) in [5.74, 6) is 0.864. The second-order valence-electron chi connectivity index (χ2n) is 7.38. The first kappa shape index (κ1) is 18.5. The minimum atomic E-state index is -0.276. The number of hydrogen-bond donors (Lipinski definition) is 0. The number of carbonyl (C=O) groups is 2. The summed E-state index contributed by atoms with van der Waals surface area (Å²) in [5, 5.41) is 3.93. The first-order valence-corrected chi connectivity index (χ1v) is 9.86. The van der Waals surface area contributed by atoms with E-state index in [1.165, 1.54) is 19.3 Å². The number of hydrogen-bond acceptors (Lipinski definition) is 5. The molecule has 2 fully saturated rings. The lowest BCUT2D eigenvalue weighted by Gasteiger charge is -2.40. The maximum atomic E-state index is 12.8. The van der Waals surface area contributed by atoms with Gasteiger partial charge in [0, 0.05) is 25.2 Å². The van der Waals surface area contributed by atoms with E-state index in [0.29, 0.717) is 30.6 Å². The van der Waals surface area contributed by atoms with Crippen molar-refractivity contribution < 1.29 is 18.8 Å². The van der Waals surface area contributed by atoms with E-state index in [1.54, 1.807) is 18.1 Å².